The summed E-state index contributed by atoms with van der Waals surface area (Å²) in [5.74, 6) is 0. The van der Waals surface area contributed by atoms with E-state index in [0.717, 1.165) is 10.0 Å². The van der Waals surface area contributed by atoms with E-state index in [1.807, 2.05) is 12.1 Å². The van der Waals surface area contributed by atoms with Gasteiger partial charge in [0, 0.05) is 10.0 Å². The van der Waals surface area contributed by atoms with Crippen LogP contribution < -0.4 is 0 Å². The summed E-state index contributed by atoms with van der Waals surface area (Å²) < 4.78 is 11.9. The van der Waals surface area contributed by atoms with Gasteiger partial charge in [0.15, 0.2) is 6.29 Å². The fraction of sp³-hybridized carbons (Fsp3) is 0.400. The van der Waals surface area contributed by atoms with Gasteiger partial charge in [-0.3, -0.25) is 0 Å². The minimum atomic E-state index is -0.169. The number of benzene rings is 1. The topological polar surface area (TPSA) is 18.5 Å². The lowest BCUT2D eigenvalue weighted by Gasteiger charge is -2.12. The highest BCUT2D eigenvalue weighted by Crippen LogP contribution is 2.28. The Morgan fingerprint density at radius 3 is 2.69 bits per heavy atom. The number of ether oxygens (including phenoxy) is 2. The van der Waals surface area contributed by atoms with Gasteiger partial charge in [0.2, 0.25) is 0 Å². The first kappa shape index (κ1) is 9.19. The smallest absolute Gasteiger partial charge is 0.184 e. The second-order valence-corrected chi connectivity index (χ2v) is 3.99. The molecule has 0 spiro atoms. The highest BCUT2D eigenvalue weighted by atomic mass is 79.9. The van der Waals surface area contributed by atoms with Gasteiger partial charge in [-0.15, -0.1) is 0 Å². The monoisotopic (exact) mass is 242 g/mol. The third kappa shape index (κ3) is 1.93. The quantitative estimate of drug-likeness (QED) is 0.755. The maximum atomic E-state index is 5.43. The van der Waals surface area contributed by atoms with E-state index >= 15 is 0 Å². The summed E-state index contributed by atoms with van der Waals surface area (Å²) in [5, 5.41) is 0. The molecule has 70 valence electrons. The zero-order valence-electron chi connectivity index (χ0n) is 7.42. The van der Waals surface area contributed by atoms with Crippen LogP contribution in [0.2, 0.25) is 0 Å². The molecule has 0 radical (unpaired) electrons. The number of hydrogen-bond acceptors (Lipinski definition) is 2. The van der Waals surface area contributed by atoms with E-state index in [2.05, 4.69) is 28.9 Å². The molecule has 1 aromatic rings. The third-order valence-corrected chi connectivity index (χ3v) is 2.61. The standard InChI is InChI=1S/C10H11BrO2/c1-7-2-3-8(11)6-9(7)10-12-4-5-13-10/h2-3,6,10H,4-5H2,1H3. The van der Waals surface area contributed by atoms with Crippen LogP contribution in [0, 0.1) is 6.92 Å². The predicted octanol–water partition coefficient (Wildman–Crippen LogP) is 2.80. The van der Waals surface area contributed by atoms with E-state index in [-0.39, 0.29) is 6.29 Å². The molecule has 0 unspecified atom stereocenters. The maximum Gasteiger partial charge on any atom is 0.184 e. The SMILES string of the molecule is Cc1ccc(Br)cc1C1OCCO1. The Kier molecular flexibility index (Phi) is 2.67. The average molecular weight is 243 g/mol. The summed E-state index contributed by atoms with van der Waals surface area (Å²) in [6, 6.07) is 6.13. The Hall–Kier alpha value is -0.380. The summed E-state index contributed by atoms with van der Waals surface area (Å²) in [6.07, 6.45) is -0.169. The first-order chi connectivity index (χ1) is 6.27. The van der Waals surface area contributed by atoms with Crippen molar-refractivity contribution >= 4 is 15.9 Å². The molecule has 0 bridgehead atoms. The zero-order chi connectivity index (χ0) is 9.26. The van der Waals surface area contributed by atoms with Crippen molar-refractivity contribution in [2.45, 2.75) is 13.2 Å². The lowest BCUT2D eigenvalue weighted by Crippen LogP contribution is -2.00. The van der Waals surface area contributed by atoms with Crippen LogP contribution in [0.3, 0.4) is 0 Å². The molecule has 0 aliphatic carbocycles. The highest BCUT2D eigenvalue weighted by Gasteiger charge is 2.19. The van der Waals surface area contributed by atoms with E-state index in [9.17, 15) is 0 Å². The molecule has 13 heavy (non-hydrogen) atoms. The van der Waals surface area contributed by atoms with Gasteiger partial charge in [0.25, 0.3) is 0 Å². The van der Waals surface area contributed by atoms with Crippen LogP contribution in [0.15, 0.2) is 22.7 Å². The Balaban J connectivity index is 2.32. The maximum absolute atomic E-state index is 5.43. The van der Waals surface area contributed by atoms with Crippen molar-refractivity contribution in [1.82, 2.24) is 0 Å². The van der Waals surface area contributed by atoms with E-state index in [0.29, 0.717) is 13.2 Å². The highest BCUT2D eigenvalue weighted by molar-refractivity contribution is 9.10. The van der Waals surface area contributed by atoms with Crippen molar-refractivity contribution in [1.29, 1.82) is 0 Å². The second-order valence-electron chi connectivity index (χ2n) is 3.07. The van der Waals surface area contributed by atoms with Crippen LogP contribution in [0.5, 0.6) is 0 Å². The van der Waals surface area contributed by atoms with E-state index in [1.54, 1.807) is 0 Å². The lowest BCUT2D eigenvalue weighted by atomic mass is 10.1. The molecule has 1 fully saturated rings. The molecule has 0 N–H and O–H groups in total. The summed E-state index contributed by atoms with van der Waals surface area (Å²) in [7, 11) is 0. The molecule has 0 saturated carbocycles. The third-order valence-electron chi connectivity index (χ3n) is 2.12. The minimum Gasteiger partial charge on any atom is -0.346 e. The van der Waals surface area contributed by atoms with Crippen molar-refractivity contribution in [3.05, 3.63) is 33.8 Å². The molecular formula is C10H11BrO2. The molecule has 1 saturated heterocycles. The summed E-state index contributed by atoms with van der Waals surface area (Å²) >= 11 is 3.43. The predicted molar refractivity (Wildman–Crippen MR) is 53.5 cm³/mol. The van der Waals surface area contributed by atoms with Crippen LogP contribution in [-0.4, -0.2) is 13.2 Å². The molecule has 0 amide bonds. The van der Waals surface area contributed by atoms with Crippen molar-refractivity contribution in [2.75, 3.05) is 13.2 Å². The van der Waals surface area contributed by atoms with Crippen LogP contribution in [-0.2, 0) is 9.47 Å². The average Bonchev–Trinajstić information content (AvgIpc) is 2.61. The fourth-order valence-corrected chi connectivity index (χ4v) is 1.78. The lowest BCUT2D eigenvalue weighted by molar-refractivity contribution is -0.0445. The molecular weight excluding hydrogens is 232 g/mol. The number of halogens is 1. The van der Waals surface area contributed by atoms with Gasteiger partial charge in [0.1, 0.15) is 0 Å². The summed E-state index contributed by atoms with van der Waals surface area (Å²) in [6.45, 7) is 3.44. The fourth-order valence-electron chi connectivity index (χ4n) is 1.40. The van der Waals surface area contributed by atoms with E-state index in [4.69, 9.17) is 9.47 Å². The van der Waals surface area contributed by atoms with Crippen molar-refractivity contribution < 1.29 is 9.47 Å². The van der Waals surface area contributed by atoms with E-state index < -0.39 is 0 Å². The summed E-state index contributed by atoms with van der Waals surface area (Å²) in [4.78, 5) is 0. The van der Waals surface area contributed by atoms with Crippen LogP contribution in [0.1, 0.15) is 17.4 Å². The molecule has 1 aliphatic rings. The minimum absolute atomic E-state index is 0.169. The van der Waals surface area contributed by atoms with Gasteiger partial charge >= 0.3 is 0 Å². The van der Waals surface area contributed by atoms with Gasteiger partial charge in [-0.2, -0.15) is 0 Å². The van der Waals surface area contributed by atoms with Gasteiger partial charge in [-0.1, -0.05) is 22.0 Å². The van der Waals surface area contributed by atoms with Crippen molar-refractivity contribution in [3.8, 4) is 0 Å². The van der Waals surface area contributed by atoms with Crippen molar-refractivity contribution in [3.63, 3.8) is 0 Å². The molecule has 0 atom stereocenters. The molecule has 3 heteroatoms. The van der Waals surface area contributed by atoms with Gasteiger partial charge in [-0.25, -0.2) is 0 Å². The molecule has 1 heterocycles. The van der Waals surface area contributed by atoms with Crippen LogP contribution in [0.4, 0.5) is 0 Å². The Bertz CT molecular complexity index is 306. The Morgan fingerprint density at radius 2 is 2.00 bits per heavy atom. The first-order valence-corrected chi connectivity index (χ1v) is 5.06. The first-order valence-electron chi connectivity index (χ1n) is 4.26. The normalized spacial score (nSPS) is 18.0. The van der Waals surface area contributed by atoms with E-state index in [1.165, 1.54) is 5.56 Å². The summed E-state index contributed by atoms with van der Waals surface area (Å²) in [5.41, 5.74) is 2.32. The van der Waals surface area contributed by atoms with Crippen molar-refractivity contribution in [2.24, 2.45) is 0 Å². The second kappa shape index (κ2) is 3.78. The number of rotatable bonds is 1. The number of aryl methyl sites for hydroxylation is 1. The Labute approximate surface area is 86.0 Å². The molecule has 1 aromatic carbocycles. The van der Waals surface area contributed by atoms with Crippen LogP contribution in [0.25, 0.3) is 0 Å². The van der Waals surface area contributed by atoms with Gasteiger partial charge in [0.05, 0.1) is 13.2 Å². The molecule has 2 nitrogen and oxygen atoms in total. The van der Waals surface area contributed by atoms with Gasteiger partial charge < -0.3 is 9.47 Å². The molecule has 2 rings (SSSR count). The van der Waals surface area contributed by atoms with Gasteiger partial charge in [-0.05, 0) is 24.6 Å². The molecule has 0 aromatic heterocycles. The Morgan fingerprint density at radius 1 is 1.31 bits per heavy atom. The largest absolute Gasteiger partial charge is 0.346 e. The zero-order valence-corrected chi connectivity index (χ0v) is 9.00. The molecule has 1 aliphatic heterocycles. The van der Waals surface area contributed by atoms with Crippen LogP contribution >= 0.6 is 15.9 Å². The number of hydrogen-bond donors (Lipinski definition) is 0.